The molecule has 0 aliphatic carbocycles. The second kappa shape index (κ2) is 6.60. The van der Waals surface area contributed by atoms with Crippen molar-refractivity contribution >= 4 is 17.6 Å². The molecule has 0 heterocycles. The fourth-order valence-electron chi connectivity index (χ4n) is 1.60. The molecule has 0 aliphatic rings. The molecule has 1 unspecified atom stereocenters. The zero-order valence-corrected chi connectivity index (χ0v) is 10.1. The summed E-state index contributed by atoms with van der Waals surface area (Å²) in [6, 6.07) is 4.28. The zero-order valence-electron chi connectivity index (χ0n) is 10.1. The van der Waals surface area contributed by atoms with Crippen LogP contribution in [0.5, 0.6) is 5.75 Å². The molecule has 0 fully saturated rings. The fraction of sp³-hybridized carbons (Fsp3) is 0.333. The number of benzene rings is 1. The van der Waals surface area contributed by atoms with Gasteiger partial charge in [0.25, 0.3) is 0 Å². The first-order chi connectivity index (χ1) is 8.88. The lowest BCUT2D eigenvalue weighted by atomic mass is 10.0. The van der Waals surface area contributed by atoms with Gasteiger partial charge >= 0.3 is 11.9 Å². The summed E-state index contributed by atoms with van der Waals surface area (Å²) in [6.45, 7) is 0. The van der Waals surface area contributed by atoms with Gasteiger partial charge in [-0.1, -0.05) is 0 Å². The van der Waals surface area contributed by atoms with E-state index in [0.717, 1.165) is 0 Å². The average Bonchev–Trinajstić information content (AvgIpc) is 2.31. The topological polar surface area (TPSA) is 133 Å². The lowest BCUT2D eigenvalue weighted by molar-refractivity contribution is -0.140. The number of phenols is 1. The number of anilines is 1. The molecule has 0 radical (unpaired) electrons. The first-order valence-corrected chi connectivity index (χ1v) is 5.64. The average molecular weight is 268 g/mol. The van der Waals surface area contributed by atoms with Gasteiger partial charge in [0.15, 0.2) is 0 Å². The van der Waals surface area contributed by atoms with E-state index in [0.29, 0.717) is 5.69 Å². The number of aromatic hydroxyl groups is 1. The van der Waals surface area contributed by atoms with E-state index in [1.165, 1.54) is 12.1 Å². The van der Waals surface area contributed by atoms with Gasteiger partial charge in [-0.25, -0.2) is 0 Å². The Bertz CT molecular complexity index is 446. The van der Waals surface area contributed by atoms with Crippen LogP contribution in [0, 0.1) is 0 Å². The number of phenolic OH excluding ortho intramolecular Hbond substituents is 1. The number of hydrogen-bond donors (Lipinski definition) is 5. The number of carboxylic acid groups (broad SMARTS) is 2. The molecule has 6 N–H and O–H groups in total. The minimum atomic E-state index is -1.18. The van der Waals surface area contributed by atoms with Gasteiger partial charge in [0.1, 0.15) is 11.8 Å². The van der Waals surface area contributed by atoms with Crippen LogP contribution in [-0.2, 0) is 9.59 Å². The molecule has 0 aliphatic heterocycles. The van der Waals surface area contributed by atoms with Gasteiger partial charge < -0.3 is 26.4 Å². The van der Waals surface area contributed by atoms with Gasteiger partial charge in [-0.05, 0) is 30.7 Å². The second-order valence-corrected chi connectivity index (χ2v) is 4.17. The van der Waals surface area contributed by atoms with Crippen LogP contribution in [-0.4, -0.2) is 39.3 Å². The van der Waals surface area contributed by atoms with Crippen molar-refractivity contribution in [2.75, 3.05) is 5.32 Å². The number of aliphatic carboxylic acids is 2. The molecule has 0 bridgehead atoms. The highest BCUT2D eigenvalue weighted by Crippen LogP contribution is 2.17. The number of nitrogens with one attached hydrogen (secondary N) is 1. The predicted octanol–water partition coefficient (Wildman–Crippen LogP) is 0.449. The van der Waals surface area contributed by atoms with Crippen LogP contribution >= 0.6 is 0 Å². The van der Waals surface area contributed by atoms with E-state index in [9.17, 15) is 9.59 Å². The second-order valence-electron chi connectivity index (χ2n) is 4.17. The van der Waals surface area contributed by atoms with Gasteiger partial charge in [-0.15, -0.1) is 0 Å². The molecule has 0 amide bonds. The maximum Gasteiger partial charge on any atom is 0.320 e. The summed E-state index contributed by atoms with van der Waals surface area (Å²) in [7, 11) is 0. The van der Waals surface area contributed by atoms with E-state index < -0.39 is 24.0 Å². The number of rotatable bonds is 7. The molecule has 0 saturated carbocycles. The number of carbonyl (C=O) groups is 2. The SMILES string of the molecule is N[C@@H](CC(CC(=O)O)Nc1ccc(O)cc1)C(=O)O. The third-order valence-electron chi connectivity index (χ3n) is 2.51. The molecule has 0 spiro atoms. The van der Waals surface area contributed by atoms with Crippen LogP contribution in [0.2, 0.25) is 0 Å². The van der Waals surface area contributed by atoms with Gasteiger partial charge in [0.2, 0.25) is 0 Å². The summed E-state index contributed by atoms with van der Waals surface area (Å²) in [5.41, 5.74) is 5.98. The number of carboxylic acids is 2. The molecule has 1 aromatic carbocycles. The summed E-state index contributed by atoms with van der Waals surface area (Å²) in [4.78, 5) is 21.4. The van der Waals surface area contributed by atoms with Crippen molar-refractivity contribution in [2.45, 2.75) is 24.9 Å². The van der Waals surface area contributed by atoms with Gasteiger partial charge in [-0.3, -0.25) is 9.59 Å². The summed E-state index contributed by atoms with van der Waals surface area (Å²) in [5.74, 6) is -2.14. The van der Waals surface area contributed by atoms with Crippen LogP contribution in [0.1, 0.15) is 12.8 Å². The van der Waals surface area contributed by atoms with Gasteiger partial charge in [0, 0.05) is 11.7 Å². The van der Waals surface area contributed by atoms with Crippen molar-refractivity contribution in [1.29, 1.82) is 0 Å². The number of nitrogens with two attached hydrogens (primary N) is 1. The van der Waals surface area contributed by atoms with Crippen molar-refractivity contribution in [2.24, 2.45) is 5.73 Å². The zero-order chi connectivity index (χ0) is 14.4. The van der Waals surface area contributed by atoms with E-state index in [2.05, 4.69) is 5.32 Å². The molecule has 19 heavy (non-hydrogen) atoms. The molecule has 1 aromatic rings. The fourth-order valence-corrected chi connectivity index (χ4v) is 1.60. The van der Waals surface area contributed by atoms with Crippen molar-refractivity contribution in [3.8, 4) is 5.75 Å². The smallest absolute Gasteiger partial charge is 0.320 e. The Morgan fingerprint density at radius 3 is 2.26 bits per heavy atom. The highest BCUT2D eigenvalue weighted by molar-refractivity contribution is 5.74. The largest absolute Gasteiger partial charge is 0.508 e. The van der Waals surface area contributed by atoms with Crippen molar-refractivity contribution in [3.63, 3.8) is 0 Å². The van der Waals surface area contributed by atoms with Crippen LogP contribution in [0.4, 0.5) is 5.69 Å². The van der Waals surface area contributed by atoms with Crippen LogP contribution in [0.3, 0.4) is 0 Å². The summed E-state index contributed by atoms with van der Waals surface area (Å²) < 4.78 is 0. The highest BCUT2D eigenvalue weighted by atomic mass is 16.4. The van der Waals surface area contributed by atoms with Crippen molar-refractivity contribution < 1.29 is 24.9 Å². The molecular weight excluding hydrogens is 252 g/mol. The van der Waals surface area contributed by atoms with E-state index in [4.69, 9.17) is 21.1 Å². The molecule has 104 valence electrons. The Morgan fingerprint density at radius 2 is 1.79 bits per heavy atom. The van der Waals surface area contributed by atoms with E-state index in [-0.39, 0.29) is 18.6 Å². The van der Waals surface area contributed by atoms with E-state index >= 15 is 0 Å². The Labute approximate surface area is 109 Å². The molecule has 7 heteroatoms. The minimum Gasteiger partial charge on any atom is -0.508 e. The standard InChI is InChI=1S/C12H16N2O5/c13-10(12(18)19)5-8(6-11(16)17)14-7-1-3-9(15)4-2-7/h1-4,8,10,14-15H,5-6,13H2,(H,16,17)(H,18,19)/t8?,10-/m0/s1. The Kier molecular flexibility index (Phi) is 5.13. The van der Waals surface area contributed by atoms with Crippen molar-refractivity contribution in [1.82, 2.24) is 0 Å². The first kappa shape index (κ1) is 14.8. The predicted molar refractivity (Wildman–Crippen MR) is 68.0 cm³/mol. The maximum absolute atomic E-state index is 10.7. The normalized spacial score (nSPS) is 13.5. The maximum atomic E-state index is 10.7. The summed E-state index contributed by atoms with van der Waals surface area (Å²) in [6.07, 6.45) is -0.260. The lowest BCUT2D eigenvalue weighted by Crippen LogP contribution is -2.37. The number of hydrogen-bond acceptors (Lipinski definition) is 5. The first-order valence-electron chi connectivity index (χ1n) is 5.64. The van der Waals surface area contributed by atoms with E-state index in [1.807, 2.05) is 0 Å². The van der Waals surface area contributed by atoms with Crippen LogP contribution in [0.15, 0.2) is 24.3 Å². The Morgan fingerprint density at radius 1 is 1.21 bits per heavy atom. The lowest BCUT2D eigenvalue weighted by Gasteiger charge is -2.20. The van der Waals surface area contributed by atoms with E-state index in [1.54, 1.807) is 12.1 Å². The Hall–Kier alpha value is -2.28. The summed E-state index contributed by atoms with van der Waals surface area (Å²) >= 11 is 0. The minimum absolute atomic E-state index is 0.0114. The third kappa shape index (κ3) is 5.26. The molecule has 2 atom stereocenters. The highest BCUT2D eigenvalue weighted by Gasteiger charge is 2.21. The summed E-state index contributed by atoms with van der Waals surface area (Å²) in [5, 5.41) is 29.5. The van der Waals surface area contributed by atoms with Crippen LogP contribution in [0.25, 0.3) is 0 Å². The third-order valence-corrected chi connectivity index (χ3v) is 2.51. The molecule has 0 saturated heterocycles. The quantitative estimate of drug-likeness (QED) is 0.453. The molecular formula is C12H16N2O5. The molecule has 7 nitrogen and oxygen atoms in total. The molecule has 0 aromatic heterocycles. The monoisotopic (exact) mass is 268 g/mol. The van der Waals surface area contributed by atoms with Gasteiger partial charge in [0.05, 0.1) is 6.42 Å². The van der Waals surface area contributed by atoms with Gasteiger partial charge in [-0.2, -0.15) is 0 Å². The van der Waals surface area contributed by atoms with Crippen LogP contribution < -0.4 is 11.1 Å². The van der Waals surface area contributed by atoms with Crippen molar-refractivity contribution in [3.05, 3.63) is 24.3 Å². The molecule has 1 rings (SSSR count). The Balaban J connectivity index is 2.71.